The summed E-state index contributed by atoms with van der Waals surface area (Å²) in [6.45, 7) is 2.89. The molecule has 0 amide bonds. The monoisotopic (exact) mass is 180 g/mol. The van der Waals surface area contributed by atoms with Crippen molar-refractivity contribution < 1.29 is 9.13 Å². The molecule has 2 rings (SSSR count). The molecule has 1 atom stereocenters. The van der Waals surface area contributed by atoms with Crippen LogP contribution in [0.4, 0.5) is 4.39 Å². The third-order valence-corrected chi connectivity index (χ3v) is 2.63. The maximum atomic E-state index is 12.9. The lowest BCUT2D eigenvalue weighted by Crippen LogP contribution is -2.13. The summed E-state index contributed by atoms with van der Waals surface area (Å²) in [5.41, 5.74) is 1.04. The second-order valence-corrected chi connectivity index (χ2v) is 3.42. The van der Waals surface area contributed by atoms with E-state index < -0.39 is 0 Å². The number of fused-ring (bicyclic) bond motifs is 1. The first kappa shape index (κ1) is 8.54. The molecule has 1 aliphatic heterocycles. The molecular formula is C11H13FO. The fraction of sp³-hybridized carbons (Fsp3) is 0.455. The minimum Gasteiger partial charge on any atom is -0.493 e. The Bertz CT molecular complexity index is 309. The van der Waals surface area contributed by atoms with Crippen LogP contribution in [-0.4, -0.2) is 6.61 Å². The zero-order chi connectivity index (χ0) is 9.26. The molecule has 1 aromatic carbocycles. The summed E-state index contributed by atoms with van der Waals surface area (Å²) in [5, 5.41) is 0. The van der Waals surface area contributed by atoms with E-state index in [0.29, 0.717) is 5.92 Å². The summed E-state index contributed by atoms with van der Waals surface area (Å²) < 4.78 is 18.4. The van der Waals surface area contributed by atoms with E-state index in [-0.39, 0.29) is 5.82 Å². The lowest BCUT2D eigenvalue weighted by molar-refractivity contribution is 0.264. The van der Waals surface area contributed by atoms with E-state index in [1.807, 2.05) is 0 Å². The Kier molecular flexibility index (Phi) is 2.21. The SMILES string of the molecule is CC[C@H]1CCOc2ccc(F)cc21. The van der Waals surface area contributed by atoms with E-state index in [1.165, 1.54) is 6.07 Å². The van der Waals surface area contributed by atoms with Crippen LogP contribution in [0.3, 0.4) is 0 Å². The number of benzene rings is 1. The molecular weight excluding hydrogens is 167 g/mol. The molecule has 0 radical (unpaired) electrons. The van der Waals surface area contributed by atoms with Crippen molar-refractivity contribution in [1.29, 1.82) is 0 Å². The summed E-state index contributed by atoms with van der Waals surface area (Å²) in [6.07, 6.45) is 2.06. The van der Waals surface area contributed by atoms with Gasteiger partial charge in [-0.05, 0) is 37.0 Å². The van der Waals surface area contributed by atoms with Crippen LogP contribution in [0.15, 0.2) is 18.2 Å². The van der Waals surface area contributed by atoms with Crippen molar-refractivity contribution in [3.63, 3.8) is 0 Å². The van der Waals surface area contributed by atoms with Crippen LogP contribution >= 0.6 is 0 Å². The quantitative estimate of drug-likeness (QED) is 0.645. The predicted molar refractivity (Wildman–Crippen MR) is 49.5 cm³/mol. The molecule has 1 aliphatic rings. The molecule has 0 spiro atoms. The molecule has 1 aromatic rings. The predicted octanol–water partition coefficient (Wildman–Crippen LogP) is 3.10. The maximum absolute atomic E-state index is 12.9. The third kappa shape index (κ3) is 1.53. The van der Waals surface area contributed by atoms with E-state index in [1.54, 1.807) is 12.1 Å². The number of hydrogen-bond donors (Lipinski definition) is 0. The minimum absolute atomic E-state index is 0.164. The first-order valence-corrected chi connectivity index (χ1v) is 4.73. The Labute approximate surface area is 77.5 Å². The molecule has 70 valence electrons. The van der Waals surface area contributed by atoms with Crippen molar-refractivity contribution in [2.75, 3.05) is 6.61 Å². The topological polar surface area (TPSA) is 9.23 Å². The average Bonchev–Trinajstić information content (AvgIpc) is 2.17. The standard InChI is InChI=1S/C11H13FO/c1-2-8-5-6-13-11-4-3-9(12)7-10(8)11/h3-4,7-8H,2,5-6H2,1H3/t8-/m0/s1. The fourth-order valence-corrected chi connectivity index (χ4v) is 1.86. The molecule has 1 nitrogen and oxygen atoms in total. The largest absolute Gasteiger partial charge is 0.493 e. The van der Waals surface area contributed by atoms with Crippen LogP contribution in [0, 0.1) is 5.82 Å². The van der Waals surface area contributed by atoms with Gasteiger partial charge in [0.25, 0.3) is 0 Å². The molecule has 0 aliphatic carbocycles. The molecule has 0 saturated carbocycles. The highest BCUT2D eigenvalue weighted by atomic mass is 19.1. The second-order valence-electron chi connectivity index (χ2n) is 3.42. The molecule has 2 heteroatoms. The zero-order valence-electron chi connectivity index (χ0n) is 7.72. The van der Waals surface area contributed by atoms with Gasteiger partial charge in [-0.25, -0.2) is 4.39 Å². The Morgan fingerprint density at radius 2 is 2.38 bits per heavy atom. The van der Waals surface area contributed by atoms with Gasteiger partial charge >= 0.3 is 0 Å². The summed E-state index contributed by atoms with van der Waals surface area (Å²) in [4.78, 5) is 0. The van der Waals surface area contributed by atoms with Crippen LogP contribution < -0.4 is 4.74 Å². The normalized spacial score (nSPS) is 20.6. The Balaban J connectivity index is 2.41. The molecule has 13 heavy (non-hydrogen) atoms. The van der Waals surface area contributed by atoms with Crippen LogP contribution in [0.1, 0.15) is 31.2 Å². The molecule has 0 bridgehead atoms. The highest BCUT2D eigenvalue weighted by Gasteiger charge is 2.19. The molecule has 0 unspecified atom stereocenters. The summed E-state index contributed by atoms with van der Waals surface area (Å²) in [7, 11) is 0. The lowest BCUT2D eigenvalue weighted by atomic mass is 9.91. The molecule has 0 aromatic heterocycles. The van der Waals surface area contributed by atoms with Gasteiger partial charge in [-0.2, -0.15) is 0 Å². The van der Waals surface area contributed by atoms with Gasteiger partial charge in [0, 0.05) is 5.56 Å². The maximum Gasteiger partial charge on any atom is 0.123 e. The highest BCUT2D eigenvalue weighted by Crippen LogP contribution is 2.35. The van der Waals surface area contributed by atoms with E-state index in [0.717, 1.165) is 30.8 Å². The van der Waals surface area contributed by atoms with Gasteiger partial charge in [0.1, 0.15) is 11.6 Å². The first-order chi connectivity index (χ1) is 6.31. The van der Waals surface area contributed by atoms with Gasteiger partial charge in [0.2, 0.25) is 0 Å². The zero-order valence-corrected chi connectivity index (χ0v) is 7.72. The third-order valence-electron chi connectivity index (χ3n) is 2.63. The lowest BCUT2D eigenvalue weighted by Gasteiger charge is -2.24. The summed E-state index contributed by atoms with van der Waals surface area (Å²) in [5.74, 6) is 1.17. The van der Waals surface area contributed by atoms with Gasteiger partial charge < -0.3 is 4.74 Å². The smallest absolute Gasteiger partial charge is 0.123 e. The van der Waals surface area contributed by atoms with Crippen molar-refractivity contribution in [3.05, 3.63) is 29.6 Å². The van der Waals surface area contributed by atoms with Crippen molar-refractivity contribution in [2.24, 2.45) is 0 Å². The second kappa shape index (κ2) is 3.36. The van der Waals surface area contributed by atoms with Gasteiger partial charge in [-0.15, -0.1) is 0 Å². The molecule has 0 fully saturated rings. The van der Waals surface area contributed by atoms with Gasteiger partial charge in [-0.1, -0.05) is 6.92 Å². The Hall–Kier alpha value is -1.05. The summed E-state index contributed by atoms with van der Waals surface area (Å²) in [6, 6.07) is 4.78. The van der Waals surface area contributed by atoms with Crippen LogP contribution in [0.25, 0.3) is 0 Å². The van der Waals surface area contributed by atoms with Crippen molar-refractivity contribution in [3.8, 4) is 5.75 Å². The first-order valence-electron chi connectivity index (χ1n) is 4.73. The molecule has 1 heterocycles. The van der Waals surface area contributed by atoms with Gasteiger partial charge in [-0.3, -0.25) is 0 Å². The van der Waals surface area contributed by atoms with Crippen molar-refractivity contribution >= 4 is 0 Å². The number of rotatable bonds is 1. The molecule has 0 N–H and O–H groups in total. The van der Waals surface area contributed by atoms with Crippen molar-refractivity contribution in [2.45, 2.75) is 25.7 Å². The van der Waals surface area contributed by atoms with Crippen LogP contribution in [-0.2, 0) is 0 Å². The number of ether oxygens (including phenoxy) is 1. The minimum atomic E-state index is -0.164. The van der Waals surface area contributed by atoms with E-state index >= 15 is 0 Å². The van der Waals surface area contributed by atoms with E-state index in [2.05, 4.69) is 6.92 Å². The van der Waals surface area contributed by atoms with Crippen LogP contribution in [0.2, 0.25) is 0 Å². The van der Waals surface area contributed by atoms with Crippen LogP contribution in [0.5, 0.6) is 5.75 Å². The number of hydrogen-bond acceptors (Lipinski definition) is 1. The molecule has 0 saturated heterocycles. The highest BCUT2D eigenvalue weighted by molar-refractivity contribution is 5.38. The average molecular weight is 180 g/mol. The van der Waals surface area contributed by atoms with Crippen molar-refractivity contribution in [1.82, 2.24) is 0 Å². The fourth-order valence-electron chi connectivity index (χ4n) is 1.86. The van der Waals surface area contributed by atoms with E-state index in [9.17, 15) is 4.39 Å². The Morgan fingerprint density at radius 1 is 1.54 bits per heavy atom. The Morgan fingerprint density at radius 3 is 3.15 bits per heavy atom. The number of halogens is 1. The summed E-state index contributed by atoms with van der Waals surface area (Å²) >= 11 is 0. The van der Waals surface area contributed by atoms with Gasteiger partial charge in [0.05, 0.1) is 6.61 Å². The van der Waals surface area contributed by atoms with E-state index in [4.69, 9.17) is 4.74 Å². The van der Waals surface area contributed by atoms with Gasteiger partial charge in [0.15, 0.2) is 0 Å².